The Kier molecular flexibility index (Phi) is 3.37. The molecule has 0 amide bonds. The van der Waals surface area contributed by atoms with Gasteiger partial charge in [0.25, 0.3) is 0 Å². The molecule has 0 radical (unpaired) electrons. The van der Waals surface area contributed by atoms with E-state index in [4.69, 9.17) is 10.8 Å². The van der Waals surface area contributed by atoms with E-state index in [1.807, 2.05) is 0 Å². The molecular formula is C11H16N2O3S. The topological polar surface area (TPSA) is 83.6 Å². The van der Waals surface area contributed by atoms with Crippen molar-refractivity contribution in [3.8, 4) is 0 Å². The van der Waals surface area contributed by atoms with Gasteiger partial charge in [-0.15, -0.1) is 0 Å². The molecule has 17 heavy (non-hydrogen) atoms. The number of benzene rings is 1. The van der Waals surface area contributed by atoms with Gasteiger partial charge in [-0.25, -0.2) is 8.42 Å². The Bertz CT molecular complexity index is 484. The normalized spacial score (nSPS) is 21.8. The summed E-state index contributed by atoms with van der Waals surface area (Å²) in [7, 11) is -3.50. The first-order valence-corrected chi connectivity index (χ1v) is 6.98. The zero-order valence-corrected chi connectivity index (χ0v) is 10.2. The van der Waals surface area contributed by atoms with E-state index < -0.39 is 10.0 Å². The fourth-order valence-corrected chi connectivity index (χ4v) is 3.77. The highest BCUT2D eigenvalue weighted by molar-refractivity contribution is 7.89. The molecule has 94 valence electrons. The standard InChI is InChI=1S/C11H16N2O3S/c12-9-3-5-11(6-4-9)17(15,16)13-7-1-2-10(13)8-14/h3-6,10,14H,1-2,7-8,12H2/t10-/m1/s1. The van der Waals surface area contributed by atoms with Crippen LogP contribution in [0.5, 0.6) is 0 Å². The molecule has 1 saturated heterocycles. The molecule has 0 aromatic heterocycles. The van der Waals surface area contributed by atoms with Crippen molar-refractivity contribution in [1.82, 2.24) is 4.31 Å². The van der Waals surface area contributed by atoms with E-state index in [0.29, 0.717) is 18.7 Å². The molecule has 0 aliphatic carbocycles. The molecule has 2 rings (SSSR count). The maximum Gasteiger partial charge on any atom is 0.243 e. The van der Waals surface area contributed by atoms with Gasteiger partial charge in [0.05, 0.1) is 11.5 Å². The van der Waals surface area contributed by atoms with Crippen molar-refractivity contribution in [3.63, 3.8) is 0 Å². The number of aliphatic hydroxyl groups is 1. The SMILES string of the molecule is Nc1ccc(S(=O)(=O)N2CCC[C@@H]2CO)cc1. The highest BCUT2D eigenvalue weighted by Crippen LogP contribution is 2.26. The molecule has 3 N–H and O–H groups in total. The Morgan fingerprint density at radius 3 is 2.59 bits per heavy atom. The van der Waals surface area contributed by atoms with Crippen molar-refractivity contribution in [3.05, 3.63) is 24.3 Å². The summed E-state index contributed by atoms with van der Waals surface area (Å²) in [6.07, 6.45) is 1.50. The minimum Gasteiger partial charge on any atom is -0.399 e. The molecule has 6 heteroatoms. The van der Waals surface area contributed by atoms with Crippen LogP contribution in [-0.2, 0) is 10.0 Å². The summed E-state index contributed by atoms with van der Waals surface area (Å²) >= 11 is 0. The Hall–Kier alpha value is -1.11. The van der Waals surface area contributed by atoms with Gasteiger partial charge in [0.15, 0.2) is 0 Å². The summed E-state index contributed by atoms with van der Waals surface area (Å²) in [6, 6.07) is 5.83. The molecule has 1 aromatic rings. The number of anilines is 1. The summed E-state index contributed by atoms with van der Waals surface area (Å²) in [5, 5.41) is 9.16. The fourth-order valence-electron chi connectivity index (χ4n) is 2.08. The Balaban J connectivity index is 2.33. The monoisotopic (exact) mass is 256 g/mol. The molecule has 0 unspecified atom stereocenters. The molecule has 1 fully saturated rings. The zero-order valence-electron chi connectivity index (χ0n) is 9.41. The first-order chi connectivity index (χ1) is 8.05. The van der Waals surface area contributed by atoms with Gasteiger partial charge in [0.2, 0.25) is 10.0 Å². The lowest BCUT2D eigenvalue weighted by atomic mass is 10.2. The largest absolute Gasteiger partial charge is 0.399 e. The summed E-state index contributed by atoms with van der Waals surface area (Å²) in [5.74, 6) is 0. The van der Waals surface area contributed by atoms with E-state index in [9.17, 15) is 8.42 Å². The van der Waals surface area contributed by atoms with Crippen LogP contribution in [0.2, 0.25) is 0 Å². The average Bonchev–Trinajstić information content (AvgIpc) is 2.78. The van der Waals surface area contributed by atoms with Gasteiger partial charge in [-0.2, -0.15) is 4.31 Å². The summed E-state index contributed by atoms with van der Waals surface area (Å²) in [4.78, 5) is 0.229. The summed E-state index contributed by atoms with van der Waals surface area (Å²) < 4.78 is 26.0. The third-order valence-corrected chi connectivity index (χ3v) is 4.99. The van der Waals surface area contributed by atoms with E-state index in [0.717, 1.165) is 6.42 Å². The molecule has 1 aromatic carbocycles. The molecule has 5 nitrogen and oxygen atoms in total. The van der Waals surface area contributed by atoms with Gasteiger partial charge < -0.3 is 10.8 Å². The number of rotatable bonds is 3. The second-order valence-corrected chi connectivity index (χ2v) is 6.05. The first-order valence-electron chi connectivity index (χ1n) is 5.54. The van der Waals surface area contributed by atoms with Crippen LogP contribution in [0.1, 0.15) is 12.8 Å². The van der Waals surface area contributed by atoms with Crippen LogP contribution in [0.15, 0.2) is 29.2 Å². The van der Waals surface area contributed by atoms with E-state index in [1.54, 1.807) is 12.1 Å². The second-order valence-electron chi connectivity index (χ2n) is 4.16. The van der Waals surface area contributed by atoms with Gasteiger partial charge in [-0.3, -0.25) is 0 Å². The van der Waals surface area contributed by atoms with Crippen molar-refractivity contribution in [1.29, 1.82) is 0 Å². The van der Waals surface area contributed by atoms with Crippen LogP contribution < -0.4 is 5.73 Å². The number of hydrogen-bond donors (Lipinski definition) is 2. The molecular weight excluding hydrogens is 240 g/mol. The van der Waals surface area contributed by atoms with Crippen molar-refractivity contribution in [2.75, 3.05) is 18.9 Å². The van der Waals surface area contributed by atoms with E-state index >= 15 is 0 Å². The summed E-state index contributed by atoms with van der Waals surface area (Å²) in [5.41, 5.74) is 6.06. The predicted molar refractivity (Wildman–Crippen MR) is 64.9 cm³/mol. The number of sulfonamides is 1. The number of nitrogen functional groups attached to an aromatic ring is 1. The number of aliphatic hydroxyl groups excluding tert-OH is 1. The highest BCUT2D eigenvalue weighted by Gasteiger charge is 2.34. The Labute approximate surface area is 101 Å². The summed E-state index contributed by atoms with van der Waals surface area (Å²) in [6.45, 7) is 0.339. The van der Waals surface area contributed by atoms with E-state index in [-0.39, 0.29) is 17.5 Å². The van der Waals surface area contributed by atoms with Crippen molar-refractivity contribution >= 4 is 15.7 Å². The Morgan fingerprint density at radius 2 is 2.00 bits per heavy atom. The van der Waals surface area contributed by atoms with Gasteiger partial charge in [-0.1, -0.05) is 0 Å². The van der Waals surface area contributed by atoms with Gasteiger partial charge in [0, 0.05) is 18.3 Å². The van der Waals surface area contributed by atoms with Crippen molar-refractivity contribution in [2.24, 2.45) is 0 Å². The van der Waals surface area contributed by atoms with Crippen molar-refractivity contribution < 1.29 is 13.5 Å². The lowest BCUT2D eigenvalue weighted by molar-refractivity contribution is 0.213. The molecule has 1 atom stereocenters. The Morgan fingerprint density at radius 1 is 1.35 bits per heavy atom. The third-order valence-electron chi connectivity index (χ3n) is 3.02. The van der Waals surface area contributed by atoms with Gasteiger partial charge in [0.1, 0.15) is 0 Å². The molecule has 0 spiro atoms. The van der Waals surface area contributed by atoms with Crippen LogP contribution in [0, 0.1) is 0 Å². The number of hydrogen-bond acceptors (Lipinski definition) is 4. The van der Waals surface area contributed by atoms with Crippen LogP contribution in [0.4, 0.5) is 5.69 Å². The van der Waals surface area contributed by atoms with Gasteiger partial charge in [-0.05, 0) is 37.1 Å². The molecule has 1 aliphatic rings. The maximum absolute atomic E-state index is 12.3. The van der Waals surface area contributed by atoms with Crippen LogP contribution in [0.3, 0.4) is 0 Å². The van der Waals surface area contributed by atoms with Crippen molar-refractivity contribution in [2.45, 2.75) is 23.8 Å². The number of nitrogens with zero attached hydrogens (tertiary/aromatic N) is 1. The second kappa shape index (κ2) is 4.64. The quantitative estimate of drug-likeness (QED) is 0.767. The fraction of sp³-hybridized carbons (Fsp3) is 0.455. The lowest BCUT2D eigenvalue weighted by Gasteiger charge is -2.22. The van der Waals surface area contributed by atoms with E-state index in [1.165, 1.54) is 16.4 Å². The first kappa shape index (κ1) is 12.3. The maximum atomic E-state index is 12.3. The number of nitrogens with two attached hydrogens (primary N) is 1. The molecule has 1 aliphatic heterocycles. The highest BCUT2D eigenvalue weighted by atomic mass is 32.2. The van der Waals surface area contributed by atoms with Crippen LogP contribution >= 0.6 is 0 Å². The average molecular weight is 256 g/mol. The molecule has 0 bridgehead atoms. The molecule has 0 saturated carbocycles. The zero-order chi connectivity index (χ0) is 12.5. The van der Waals surface area contributed by atoms with Gasteiger partial charge >= 0.3 is 0 Å². The lowest BCUT2D eigenvalue weighted by Crippen LogP contribution is -2.37. The third kappa shape index (κ3) is 2.29. The molecule has 1 heterocycles. The van der Waals surface area contributed by atoms with Crippen LogP contribution in [-0.4, -0.2) is 37.0 Å². The smallest absolute Gasteiger partial charge is 0.243 e. The van der Waals surface area contributed by atoms with E-state index in [2.05, 4.69) is 0 Å². The minimum atomic E-state index is -3.50. The predicted octanol–water partition coefficient (Wildman–Crippen LogP) is 0.414. The minimum absolute atomic E-state index is 0.131. The van der Waals surface area contributed by atoms with Crippen LogP contribution in [0.25, 0.3) is 0 Å².